The second-order valence-corrected chi connectivity index (χ2v) is 4.88. The van der Waals surface area contributed by atoms with E-state index in [4.69, 9.17) is 4.74 Å². The Balaban J connectivity index is 1.71. The summed E-state index contributed by atoms with van der Waals surface area (Å²) in [5.41, 5.74) is 3.98. The molecule has 1 aromatic carbocycles. The summed E-state index contributed by atoms with van der Waals surface area (Å²) in [7, 11) is 1.59. The third-order valence-electron chi connectivity index (χ3n) is 3.05. The molecule has 0 radical (unpaired) electrons. The molecule has 0 fully saturated rings. The largest absolute Gasteiger partial charge is 0.497 e. The van der Waals surface area contributed by atoms with E-state index >= 15 is 0 Å². The highest BCUT2D eigenvalue weighted by molar-refractivity contribution is 5.97. The van der Waals surface area contributed by atoms with Crippen molar-refractivity contribution in [3.05, 3.63) is 59.9 Å². The third-order valence-corrected chi connectivity index (χ3v) is 3.05. The number of nitrogens with one attached hydrogen (secondary N) is 2. The van der Waals surface area contributed by atoms with Crippen molar-refractivity contribution in [3.63, 3.8) is 0 Å². The van der Waals surface area contributed by atoms with Gasteiger partial charge in [0.2, 0.25) is 11.8 Å². The zero-order valence-electron chi connectivity index (χ0n) is 13.2. The third kappa shape index (κ3) is 5.88. The van der Waals surface area contributed by atoms with Gasteiger partial charge in [0.25, 0.3) is 0 Å². The lowest BCUT2D eigenvalue weighted by Gasteiger charge is -2.04. The fourth-order valence-corrected chi connectivity index (χ4v) is 1.82. The molecule has 7 nitrogen and oxygen atoms in total. The fourth-order valence-electron chi connectivity index (χ4n) is 1.82. The van der Waals surface area contributed by atoms with Crippen molar-refractivity contribution in [2.24, 2.45) is 5.10 Å². The quantitative estimate of drug-likeness (QED) is 0.455. The van der Waals surface area contributed by atoms with Gasteiger partial charge in [-0.05, 0) is 41.5 Å². The minimum absolute atomic E-state index is 0.291. The number of benzene rings is 1. The number of nitrogens with zero attached hydrogens (tertiary/aromatic N) is 2. The number of ether oxygens (including phenoxy) is 1. The van der Waals surface area contributed by atoms with Crippen LogP contribution in [0.1, 0.15) is 17.5 Å². The van der Waals surface area contributed by atoms with Crippen LogP contribution < -0.4 is 15.5 Å². The average molecular weight is 326 g/mol. The summed E-state index contributed by atoms with van der Waals surface area (Å²) in [6.45, 7) is 0.328. The van der Waals surface area contributed by atoms with Gasteiger partial charge < -0.3 is 10.1 Å². The Bertz CT molecular complexity index is 700. The van der Waals surface area contributed by atoms with Gasteiger partial charge in [-0.3, -0.25) is 14.6 Å². The molecule has 2 N–H and O–H groups in total. The number of carbonyl (C=O) groups is 2. The van der Waals surface area contributed by atoms with Gasteiger partial charge in [-0.25, -0.2) is 5.43 Å². The SMILES string of the molecule is COc1ccc(/C=N\NC(=O)CC(=O)NCc2cccnc2)cc1. The van der Waals surface area contributed by atoms with Gasteiger partial charge in [-0.2, -0.15) is 5.10 Å². The molecular weight excluding hydrogens is 308 g/mol. The normalized spacial score (nSPS) is 10.4. The standard InChI is InChI=1S/C17H18N4O3/c1-24-15-6-4-13(5-7-15)12-20-21-17(23)9-16(22)19-11-14-3-2-8-18-10-14/h2-8,10,12H,9,11H2,1H3,(H,19,22)(H,21,23)/b20-12-. The summed E-state index contributed by atoms with van der Waals surface area (Å²) in [6, 6.07) is 10.8. The monoisotopic (exact) mass is 326 g/mol. The van der Waals surface area contributed by atoms with Crippen LogP contribution in [-0.2, 0) is 16.1 Å². The minimum Gasteiger partial charge on any atom is -0.497 e. The fraction of sp³-hybridized carbons (Fsp3) is 0.176. The number of rotatable bonds is 7. The molecule has 0 saturated heterocycles. The Labute approximate surface area is 139 Å². The zero-order chi connectivity index (χ0) is 17.2. The van der Waals surface area contributed by atoms with E-state index in [1.54, 1.807) is 49.8 Å². The molecule has 0 saturated carbocycles. The van der Waals surface area contributed by atoms with Gasteiger partial charge in [0, 0.05) is 18.9 Å². The maximum atomic E-state index is 11.7. The van der Waals surface area contributed by atoms with E-state index in [2.05, 4.69) is 20.8 Å². The molecule has 2 amide bonds. The summed E-state index contributed by atoms with van der Waals surface area (Å²) in [5, 5.41) is 6.46. The van der Waals surface area contributed by atoms with Gasteiger partial charge in [0.05, 0.1) is 13.3 Å². The van der Waals surface area contributed by atoms with E-state index in [1.807, 2.05) is 6.07 Å². The molecule has 2 aromatic rings. The summed E-state index contributed by atoms with van der Waals surface area (Å²) in [5.74, 6) is -0.124. The van der Waals surface area contributed by atoms with E-state index in [-0.39, 0.29) is 12.3 Å². The van der Waals surface area contributed by atoms with E-state index in [0.29, 0.717) is 6.54 Å². The van der Waals surface area contributed by atoms with Crippen molar-refractivity contribution >= 4 is 18.0 Å². The number of amides is 2. The van der Waals surface area contributed by atoms with Gasteiger partial charge in [-0.15, -0.1) is 0 Å². The average Bonchev–Trinajstić information content (AvgIpc) is 2.61. The zero-order valence-corrected chi connectivity index (χ0v) is 13.2. The molecule has 0 aliphatic rings. The summed E-state index contributed by atoms with van der Waals surface area (Å²) in [6.07, 6.45) is 4.50. The molecule has 24 heavy (non-hydrogen) atoms. The second-order valence-electron chi connectivity index (χ2n) is 4.88. The van der Waals surface area contributed by atoms with Crippen LogP contribution in [-0.4, -0.2) is 30.1 Å². The van der Waals surface area contributed by atoms with Gasteiger partial charge >= 0.3 is 0 Å². The van der Waals surface area contributed by atoms with Gasteiger partial charge in [0.1, 0.15) is 12.2 Å². The van der Waals surface area contributed by atoms with Crippen LogP contribution >= 0.6 is 0 Å². The molecule has 0 bridgehead atoms. The number of pyridine rings is 1. The first-order chi connectivity index (χ1) is 11.7. The first kappa shape index (κ1) is 17.1. The molecule has 124 valence electrons. The highest BCUT2D eigenvalue weighted by atomic mass is 16.5. The molecule has 1 heterocycles. The van der Waals surface area contributed by atoms with Crippen LogP contribution in [0.15, 0.2) is 53.9 Å². The van der Waals surface area contributed by atoms with E-state index in [1.165, 1.54) is 6.21 Å². The Hall–Kier alpha value is -3.22. The Morgan fingerprint density at radius 2 is 2.00 bits per heavy atom. The lowest BCUT2D eigenvalue weighted by molar-refractivity contribution is -0.129. The number of methoxy groups -OCH3 is 1. The van der Waals surface area contributed by atoms with E-state index < -0.39 is 5.91 Å². The van der Waals surface area contributed by atoms with Crippen LogP contribution in [0.4, 0.5) is 0 Å². The highest BCUT2D eigenvalue weighted by Gasteiger charge is 2.08. The molecular formula is C17H18N4O3. The summed E-state index contributed by atoms with van der Waals surface area (Å²) >= 11 is 0. The molecule has 1 aromatic heterocycles. The van der Waals surface area contributed by atoms with Gasteiger partial charge in [0.15, 0.2) is 0 Å². The number of aromatic nitrogens is 1. The number of hydrazone groups is 1. The van der Waals surface area contributed by atoms with Crippen LogP contribution in [0.2, 0.25) is 0 Å². The number of hydrogen-bond donors (Lipinski definition) is 2. The molecule has 0 spiro atoms. The van der Waals surface area contributed by atoms with E-state index in [0.717, 1.165) is 16.9 Å². The smallest absolute Gasteiger partial charge is 0.249 e. The summed E-state index contributed by atoms with van der Waals surface area (Å²) in [4.78, 5) is 27.3. The van der Waals surface area contributed by atoms with Crippen molar-refractivity contribution in [2.75, 3.05) is 7.11 Å². The van der Waals surface area contributed by atoms with Gasteiger partial charge in [-0.1, -0.05) is 6.07 Å². The number of carbonyl (C=O) groups excluding carboxylic acids is 2. The highest BCUT2D eigenvalue weighted by Crippen LogP contribution is 2.09. The van der Waals surface area contributed by atoms with E-state index in [9.17, 15) is 9.59 Å². The topological polar surface area (TPSA) is 92.7 Å². The van der Waals surface area contributed by atoms with Crippen LogP contribution in [0, 0.1) is 0 Å². The van der Waals surface area contributed by atoms with Crippen LogP contribution in [0.3, 0.4) is 0 Å². The maximum absolute atomic E-state index is 11.7. The van der Waals surface area contributed by atoms with Crippen LogP contribution in [0.5, 0.6) is 5.75 Å². The molecule has 0 unspecified atom stereocenters. The number of hydrogen-bond acceptors (Lipinski definition) is 5. The Morgan fingerprint density at radius 3 is 2.67 bits per heavy atom. The second kappa shape index (κ2) is 9.04. The maximum Gasteiger partial charge on any atom is 0.249 e. The molecule has 0 atom stereocenters. The molecule has 0 aliphatic carbocycles. The van der Waals surface area contributed by atoms with Crippen molar-refractivity contribution in [1.29, 1.82) is 0 Å². The van der Waals surface area contributed by atoms with Crippen molar-refractivity contribution in [3.8, 4) is 5.75 Å². The predicted octanol–water partition coefficient (Wildman–Crippen LogP) is 1.25. The van der Waals surface area contributed by atoms with Crippen molar-refractivity contribution < 1.29 is 14.3 Å². The minimum atomic E-state index is -0.483. The Kier molecular flexibility index (Phi) is 6.46. The first-order valence-corrected chi connectivity index (χ1v) is 7.29. The lowest BCUT2D eigenvalue weighted by atomic mass is 10.2. The molecule has 7 heteroatoms. The Morgan fingerprint density at radius 1 is 1.21 bits per heavy atom. The van der Waals surface area contributed by atoms with Crippen molar-refractivity contribution in [1.82, 2.24) is 15.7 Å². The first-order valence-electron chi connectivity index (χ1n) is 7.29. The predicted molar refractivity (Wildman–Crippen MR) is 89.4 cm³/mol. The van der Waals surface area contributed by atoms with Crippen LogP contribution in [0.25, 0.3) is 0 Å². The molecule has 0 aliphatic heterocycles. The van der Waals surface area contributed by atoms with Crippen molar-refractivity contribution in [2.45, 2.75) is 13.0 Å². The molecule has 2 rings (SSSR count). The summed E-state index contributed by atoms with van der Waals surface area (Å²) < 4.78 is 5.05. The lowest BCUT2D eigenvalue weighted by Crippen LogP contribution is -2.29.